The molecule has 1 aromatic rings. The van der Waals surface area contributed by atoms with Gasteiger partial charge in [-0.2, -0.15) is 0 Å². The molecule has 0 amide bonds. The van der Waals surface area contributed by atoms with E-state index in [1.807, 2.05) is 6.08 Å². The Hall–Kier alpha value is -1.06. The minimum absolute atomic E-state index is 0.0653. The van der Waals surface area contributed by atoms with Crippen LogP contribution in [0.15, 0.2) is 43.0 Å². The molecule has 1 aliphatic rings. The Balaban J connectivity index is 2.37. The van der Waals surface area contributed by atoms with Gasteiger partial charge in [0.25, 0.3) is 0 Å². The Morgan fingerprint density at radius 3 is 2.05 bits per heavy atom. The molecule has 1 heterocycles. The molecule has 0 N–H and O–H groups in total. The maximum atomic E-state index is 6.29. The molecule has 1 fully saturated rings. The van der Waals surface area contributed by atoms with Crippen molar-refractivity contribution in [1.29, 1.82) is 0 Å². The monoisotopic (exact) mass is 300 g/mol. The second-order valence-electron chi connectivity index (χ2n) is 7.52. The van der Waals surface area contributed by atoms with Crippen LogP contribution in [0.2, 0.25) is 5.82 Å². The second kappa shape index (κ2) is 5.86. The maximum absolute atomic E-state index is 6.29. The van der Waals surface area contributed by atoms with E-state index in [1.165, 1.54) is 5.56 Å². The molecule has 0 bridgehead atoms. The van der Waals surface area contributed by atoms with Gasteiger partial charge in [-0.25, -0.2) is 0 Å². The first-order valence-electron chi connectivity index (χ1n) is 8.21. The average Bonchev–Trinajstić information content (AvgIpc) is 2.68. The highest BCUT2D eigenvalue weighted by Crippen LogP contribution is 2.48. The van der Waals surface area contributed by atoms with Crippen molar-refractivity contribution in [2.24, 2.45) is 0 Å². The van der Waals surface area contributed by atoms with Crippen LogP contribution in [-0.2, 0) is 14.7 Å². The van der Waals surface area contributed by atoms with Gasteiger partial charge in [0.15, 0.2) is 0 Å². The fourth-order valence-electron chi connectivity index (χ4n) is 3.16. The number of rotatable bonds is 5. The van der Waals surface area contributed by atoms with Gasteiger partial charge < -0.3 is 9.31 Å². The van der Waals surface area contributed by atoms with Crippen molar-refractivity contribution < 1.29 is 9.31 Å². The Morgan fingerprint density at radius 1 is 1.14 bits per heavy atom. The van der Waals surface area contributed by atoms with Crippen LogP contribution in [0.25, 0.3) is 0 Å². The highest BCUT2D eigenvalue weighted by molar-refractivity contribution is 6.48. The number of allylic oxidation sites excluding steroid dienone is 1. The molecule has 0 saturated carbocycles. The molecule has 1 aliphatic heterocycles. The van der Waals surface area contributed by atoms with E-state index in [1.54, 1.807) is 0 Å². The summed E-state index contributed by atoms with van der Waals surface area (Å²) in [7, 11) is -0.271. The van der Waals surface area contributed by atoms with E-state index in [4.69, 9.17) is 9.31 Å². The van der Waals surface area contributed by atoms with Crippen LogP contribution in [-0.4, -0.2) is 18.3 Å². The Kier molecular flexibility index (Phi) is 4.61. The summed E-state index contributed by atoms with van der Waals surface area (Å²) in [5.74, 6) is 0.0981. The third-order valence-corrected chi connectivity index (χ3v) is 5.72. The van der Waals surface area contributed by atoms with Gasteiger partial charge in [0.05, 0.1) is 11.2 Å². The SMILES string of the molecule is C=C[C@H](B1OC(C)(C)C(C)(C)O1)[C@](C)(CC)c1ccccc1. The zero-order valence-corrected chi connectivity index (χ0v) is 14.8. The molecule has 0 aliphatic carbocycles. The van der Waals surface area contributed by atoms with Crippen molar-refractivity contribution in [3.63, 3.8) is 0 Å². The minimum Gasteiger partial charge on any atom is -0.403 e. The van der Waals surface area contributed by atoms with Crippen LogP contribution < -0.4 is 0 Å². The van der Waals surface area contributed by atoms with Crippen LogP contribution >= 0.6 is 0 Å². The van der Waals surface area contributed by atoms with E-state index in [2.05, 4.69) is 78.5 Å². The molecule has 0 radical (unpaired) electrons. The molecule has 2 atom stereocenters. The summed E-state index contributed by atoms with van der Waals surface area (Å²) in [6, 6.07) is 10.6. The number of hydrogen-bond acceptors (Lipinski definition) is 2. The summed E-state index contributed by atoms with van der Waals surface area (Å²) >= 11 is 0. The lowest BCUT2D eigenvalue weighted by Crippen LogP contribution is -2.41. The van der Waals surface area contributed by atoms with Crippen molar-refractivity contribution in [3.05, 3.63) is 48.6 Å². The zero-order valence-electron chi connectivity index (χ0n) is 14.8. The van der Waals surface area contributed by atoms with Gasteiger partial charge >= 0.3 is 7.12 Å². The highest BCUT2D eigenvalue weighted by atomic mass is 16.7. The largest absolute Gasteiger partial charge is 0.466 e. The molecule has 2 nitrogen and oxygen atoms in total. The Labute approximate surface area is 136 Å². The molecular weight excluding hydrogens is 271 g/mol. The van der Waals surface area contributed by atoms with Crippen molar-refractivity contribution >= 4 is 7.12 Å². The van der Waals surface area contributed by atoms with Gasteiger partial charge in [0.1, 0.15) is 0 Å². The van der Waals surface area contributed by atoms with Crippen LogP contribution in [0.1, 0.15) is 53.5 Å². The topological polar surface area (TPSA) is 18.5 Å². The normalized spacial score (nSPS) is 23.8. The van der Waals surface area contributed by atoms with Crippen molar-refractivity contribution in [1.82, 2.24) is 0 Å². The molecule has 3 heteroatoms. The van der Waals surface area contributed by atoms with Crippen LogP contribution in [0.5, 0.6) is 0 Å². The highest BCUT2D eigenvalue weighted by Gasteiger charge is 2.56. The Morgan fingerprint density at radius 2 is 1.64 bits per heavy atom. The quantitative estimate of drug-likeness (QED) is 0.562. The lowest BCUT2D eigenvalue weighted by Gasteiger charge is -2.37. The molecule has 0 unspecified atom stereocenters. The third-order valence-electron chi connectivity index (χ3n) is 5.72. The summed E-state index contributed by atoms with van der Waals surface area (Å²) in [4.78, 5) is 0. The van der Waals surface area contributed by atoms with Crippen molar-refractivity contribution in [3.8, 4) is 0 Å². The first-order chi connectivity index (χ1) is 10.2. The van der Waals surface area contributed by atoms with E-state index < -0.39 is 0 Å². The van der Waals surface area contributed by atoms with E-state index in [-0.39, 0.29) is 29.6 Å². The lowest BCUT2D eigenvalue weighted by molar-refractivity contribution is 0.00578. The molecule has 120 valence electrons. The summed E-state index contributed by atoms with van der Waals surface area (Å²) < 4.78 is 12.6. The molecule has 1 saturated heterocycles. The lowest BCUT2D eigenvalue weighted by atomic mass is 9.54. The molecule has 1 aromatic carbocycles. The van der Waals surface area contributed by atoms with Gasteiger partial charge in [0.2, 0.25) is 0 Å². The summed E-state index contributed by atoms with van der Waals surface area (Å²) in [6.07, 6.45) is 3.00. The average molecular weight is 300 g/mol. The predicted molar refractivity (Wildman–Crippen MR) is 94.1 cm³/mol. The molecule has 0 aromatic heterocycles. The molecule has 2 rings (SSSR count). The predicted octanol–water partition coefficient (Wildman–Crippen LogP) is 5.00. The van der Waals surface area contributed by atoms with E-state index in [0.717, 1.165) is 6.42 Å². The zero-order chi connectivity index (χ0) is 16.6. The Bertz CT molecular complexity index is 507. The fourth-order valence-corrected chi connectivity index (χ4v) is 3.16. The molecular formula is C19H29BO2. The summed E-state index contributed by atoms with van der Waals surface area (Å²) in [6.45, 7) is 17.0. The third kappa shape index (κ3) is 2.77. The standard InChI is InChI=1S/C19H29BO2/c1-8-16(20-21-17(3,4)18(5,6)22-20)19(7,9-2)15-13-11-10-12-14-15/h8,10-14,16H,1,9H2,2-7H3/t16-,19+/m0/s1. The van der Waals surface area contributed by atoms with Gasteiger partial charge in [0, 0.05) is 5.82 Å². The number of hydrogen-bond donors (Lipinski definition) is 0. The smallest absolute Gasteiger partial charge is 0.403 e. The molecule has 0 spiro atoms. The van der Waals surface area contributed by atoms with Crippen molar-refractivity contribution in [2.75, 3.05) is 0 Å². The van der Waals surface area contributed by atoms with E-state index in [9.17, 15) is 0 Å². The maximum Gasteiger partial charge on any atom is 0.466 e. The van der Waals surface area contributed by atoms with Crippen LogP contribution in [0.3, 0.4) is 0 Å². The first kappa shape index (κ1) is 17.3. The van der Waals surface area contributed by atoms with Gasteiger partial charge in [-0.05, 0) is 45.1 Å². The summed E-state index contributed by atoms with van der Waals surface area (Å²) in [5, 5.41) is 0. The summed E-state index contributed by atoms with van der Waals surface area (Å²) in [5.41, 5.74) is 0.607. The first-order valence-corrected chi connectivity index (χ1v) is 8.21. The van der Waals surface area contributed by atoms with Crippen LogP contribution in [0, 0.1) is 0 Å². The van der Waals surface area contributed by atoms with Gasteiger partial charge in [-0.3, -0.25) is 0 Å². The molecule has 22 heavy (non-hydrogen) atoms. The minimum atomic E-state index is -0.315. The van der Waals surface area contributed by atoms with Gasteiger partial charge in [-0.15, -0.1) is 6.58 Å². The van der Waals surface area contributed by atoms with E-state index in [0.29, 0.717) is 0 Å². The fraction of sp³-hybridized carbons (Fsp3) is 0.579. The van der Waals surface area contributed by atoms with E-state index >= 15 is 0 Å². The second-order valence-corrected chi connectivity index (χ2v) is 7.52. The number of benzene rings is 1. The van der Waals surface area contributed by atoms with Gasteiger partial charge in [-0.1, -0.05) is 50.3 Å². The van der Waals surface area contributed by atoms with Crippen LogP contribution in [0.4, 0.5) is 0 Å². The van der Waals surface area contributed by atoms with Crippen molar-refractivity contribution in [2.45, 2.75) is 70.4 Å².